The summed E-state index contributed by atoms with van der Waals surface area (Å²) in [5.41, 5.74) is 4.65. The van der Waals surface area contributed by atoms with Gasteiger partial charge in [0.15, 0.2) is 0 Å². The Hall–Kier alpha value is -1.41. The van der Waals surface area contributed by atoms with E-state index in [9.17, 15) is 13.2 Å². The first-order valence-electron chi connectivity index (χ1n) is 6.07. The number of piperazine rings is 1. The molecule has 0 spiro atoms. The molecule has 8 heteroatoms. The zero-order chi connectivity index (χ0) is 13.9. The molecule has 2 N–H and O–H groups in total. The summed E-state index contributed by atoms with van der Waals surface area (Å²) in [6.45, 7) is 4.48. The maximum absolute atomic E-state index is 12.4. The van der Waals surface area contributed by atoms with Gasteiger partial charge in [-0.15, -0.1) is 0 Å². The first kappa shape index (κ1) is 14.0. The van der Waals surface area contributed by atoms with Gasteiger partial charge in [0.25, 0.3) is 0 Å². The zero-order valence-electron chi connectivity index (χ0n) is 10.4. The molecule has 0 aliphatic carbocycles. The van der Waals surface area contributed by atoms with Crippen molar-refractivity contribution >= 4 is 5.95 Å². The second-order valence-electron chi connectivity index (χ2n) is 4.39. The van der Waals surface area contributed by atoms with Crippen LogP contribution in [0.2, 0.25) is 0 Å². The number of rotatable bonds is 3. The van der Waals surface area contributed by atoms with E-state index in [1.165, 1.54) is 0 Å². The van der Waals surface area contributed by atoms with Crippen molar-refractivity contribution in [2.24, 2.45) is 5.73 Å². The number of halogens is 3. The van der Waals surface area contributed by atoms with Crippen molar-refractivity contribution in [2.45, 2.75) is 6.18 Å². The third kappa shape index (κ3) is 3.54. The van der Waals surface area contributed by atoms with Crippen LogP contribution < -0.4 is 10.6 Å². The molecule has 19 heavy (non-hydrogen) atoms. The molecule has 1 fully saturated rings. The van der Waals surface area contributed by atoms with E-state index in [-0.39, 0.29) is 0 Å². The minimum Gasteiger partial charge on any atom is -0.338 e. The number of nitrogens with two attached hydrogens (primary N) is 1. The minimum absolute atomic E-state index is 0.348. The zero-order valence-corrected chi connectivity index (χ0v) is 10.4. The molecule has 0 atom stereocenters. The third-order valence-electron chi connectivity index (χ3n) is 3.07. The van der Waals surface area contributed by atoms with E-state index in [0.29, 0.717) is 25.6 Å². The molecule has 1 aromatic heterocycles. The number of hydrogen-bond acceptors (Lipinski definition) is 5. The van der Waals surface area contributed by atoms with Crippen molar-refractivity contribution in [2.75, 3.05) is 44.2 Å². The Kier molecular flexibility index (Phi) is 4.20. The summed E-state index contributed by atoms with van der Waals surface area (Å²) in [6.07, 6.45) is -2.73. The van der Waals surface area contributed by atoms with Gasteiger partial charge in [-0.2, -0.15) is 13.2 Å². The lowest BCUT2D eigenvalue weighted by molar-refractivity contribution is -0.138. The van der Waals surface area contributed by atoms with Crippen molar-refractivity contribution in [1.29, 1.82) is 0 Å². The van der Waals surface area contributed by atoms with Crippen molar-refractivity contribution in [3.8, 4) is 0 Å². The third-order valence-corrected chi connectivity index (χ3v) is 3.07. The Morgan fingerprint density at radius 2 is 1.68 bits per heavy atom. The second-order valence-corrected chi connectivity index (χ2v) is 4.39. The quantitative estimate of drug-likeness (QED) is 0.874. The van der Waals surface area contributed by atoms with Crippen molar-refractivity contribution < 1.29 is 13.2 Å². The van der Waals surface area contributed by atoms with E-state index >= 15 is 0 Å². The predicted octanol–water partition coefficient (Wildman–Crippen LogP) is 0.576. The van der Waals surface area contributed by atoms with Crippen LogP contribution in [-0.4, -0.2) is 54.1 Å². The fourth-order valence-electron chi connectivity index (χ4n) is 1.98. The fourth-order valence-corrected chi connectivity index (χ4v) is 1.98. The number of anilines is 1. The van der Waals surface area contributed by atoms with Crippen molar-refractivity contribution in [3.05, 3.63) is 18.0 Å². The molecule has 1 aliphatic rings. The highest BCUT2D eigenvalue weighted by molar-refractivity contribution is 5.31. The Morgan fingerprint density at radius 1 is 1.11 bits per heavy atom. The van der Waals surface area contributed by atoms with Crippen LogP contribution in [0, 0.1) is 0 Å². The molecular formula is C11H16F3N5. The largest absolute Gasteiger partial charge is 0.419 e. The molecule has 5 nitrogen and oxygen atoms in total. The monoisotopic (exact) mass is 275 g/mol. The number of nitrogens with zero attached hydrogens (tertiary/aromatic N) is 4. The molecule has 2 rings (SSSR count). The van der Waals surface area contributed by atoms with Crippen LogP contribution in [-0.2, 0) is 6.18 Å². The minimum atomic E-state index is -4.39. The SMILES string of the molecule is NCCN1CCN(c2ncc(C(F)(F)F)cn2)CC1. The molecular weight excluding hydrogens is 259 g/mol. The molecule has 106 valence electrons. The Balaban J connectivity index is 1.97. The van der Waals surface area contributed by atoms with Crippen LogP contribution in [0.25, 0.3) is 0 Å². The van der Waals surface area contributed by atoms with Gasteiger partial charge in [-0.05, 0) is 0 Å². The molecule has 0 aromatic carbocycles. The van der Waals surface area contributed by atoms with Crippen LogP contribution >= 0.6 is 0 Å². The van der Waals surface area contributed by atoms with Crippen molar-refractivity contribution in [3.63, 3.8) is 0 Å². The van der Waals surface area contributed by atoms with E-state index in [2.05, 4.69) is 14.9 Å². The van der Waals surface area contributed by atoms with Crippen LogP contribution in [0.1, 0.15) is 5.56 Å². The second kappa shape index (κ2) is 5.70. The molecule has 1 aromatic rings. The van der Waals surface area contributed by atoms with Gasteiger partial charge in [0.1, 0.15) is 0 Å². The lowest BCUT2D eigenvalue weighted by atomic mass is 10.3. The molecule has 1 saturated heterocycles. The lowest BCUT2D eigenvalue weighted by Crippen LogP contribution is -2.48. The summed E-state index contributed by atoms with van der Waals surface area (Å²) < 4.78 is 37.2. The van der Waals surface area contributed by atoms with E-state index in [1.54, 1.807) is 0 Å². The molecule has 0 unspecified atom stereocenters. The van der Waals surface area contributed by atoms with Crippen LogP contribution in [0.15, 0.2) is 12.4 Å². The highest BCUT2D eigenvalue weighted by Gasteiger charge is 2.31. The molecule has 0 saturated carbocycles. The molecule has 0 amide bonds. The summed E-state index contributed by atoms with van der Waals surface area (Å²) in [4.78, 5) is 11.7. The predicted molar refractivity (Wildman–Crippen MR) is 64.7 cm³/mol. The van der Waals surface area contributed by atoms with Crippen LogP contribution in [0.4, 0.5) is 19.1 Å². The number of aromatic nitrogens is 2. The normalized spacial score (nSPS) is 17.8. The van der Waals surface area contributed by atoms with Crippen LogP contribution in [0.5, 0.6) is 0 Å². The van der Waals surface area contributed by atoms with Gasteiger partial charge in [-0.1, -0.05) is 0 Å². The Labute approximate surface area is 109 Å². The van der Waals surface area contributed by atoms with Gasteiger partial charge in [-0.25, -0.2) is 9.97 Å². The van der Waals surface area contributed by atoms with E-state index in [0.717, 1.165) is 32.0 Å². The van der Waals surface area contributed by atoms with Gasteiger partial charge < -0.3 is 10.6 Å². The lowest BCUT2D eigenvalue weighted by Gasteiger charge is -2.34. The van der Waals surface area contributed by atoms with E-state index in [4.69, 9.17) is 5.73 Å². The first-order chi connectivity index (χ1) is 9.00. The number of hydrogen-bond donors (Lipinski definition) is 1. The molecule has 0 radical (unpaired) electrons. The van der Waals surface area contributed by atoms with Gasteiger partial charge in [0.2, 0.25) is 5.95 Å². The molecule has 0 bridgehead atoms. The maximum atomic E-state index is 12.4. The molecule has 2 heterocycles. The first-order valence-corrected chi connectivity index (χ1v) is 6.07. The van der Waals surface area contributed by atoms with Gasteiger partial charge >= 0.3 is 6.18 Å². The highest BCUT2D eigenvalue weighted by Crippen LogP contribution is 2.28. The smallest absolute Gasteiger partial charge is 0.338 e. The maximum Gasteiger partial charge on any atom is 0.419 e. The van der Waals surface area contributed by atoms with E-state index < -0.39 is 11.7 Å². The fraction of sp³-hybridized carbons (Fsp3) is 0.636. The van der Waals surface area contributed by atoms with Gasteiger partial charge in [0.05, 0.1) is 5.56 Å². The van der Waals surface area contributed by atoms with Crippen LogP contribution in [0.3, 0.4) is 0 Å². The van der Waals surface area contributed by atoms with Crippen molar-refractivity contribution in [1.82, 2.24) is 14.9 Å². The summed E-state index contributed by atoms with van der Waals surface area (Å²) in [5.74, 6) is 0.348. The van der Waals surface area contributed by atoms with Gasteiger partial charge in [-0.3, -0.25) is 4.90 Å². The standard InChI is InChI=1S/C11H16F3N5/c12-11(13,14)9-7-16-10(17-8-9)19-5-3-18(2-1-15)4-6-19/h7-8H,1-6,15H2. The average molecular weight is 275 g/mol. The summed E-state index contributed by atoms with van der Waals surface area (Å²) in [5, 5.41) is 0. The Morgan fingerprint density at radius 3 is 2.16 bits per heavy atom. The summed E-state index contributed by atoms with van der Waals surface area (Å²) in [7, 11) is 0. The van der Waals surface area contributed by atoms with E-state index in [1.807, 2.05) is 4.90 Å². The summed E-state index contributed by atoms with van der Waals surface area (Å²) in [6, 6.07) is 0. The topological polar surface area (TPSA) is 58.3 Å². The average Bonchev–Trinajstić information content (AvgIpc) is 2.39. The Bertz CT molecular complexity index is 398. The van der Waals surface area contributed by atoms with Gasteiger partial charge in [0, 0.05) is 51.7 Å². The number of alkyl halides is 3. The highest BCUT2D eigenvalue weighted by atomic mass is 19.4. The summed E-state index contributed by atoms with van der Waals surface area (Å²) >= 11 is 0. The molecule has 1 aliphatic heterocycles.